The number of para-hydroxylation sites is 1. The van der Waals surface area contributed by atoms with Crippen LogP contribution in [0.25, 0.3) is 16.6 Å². The van der Waals surface area contributed by atoms with Crippen LogP contribution in [0.1, 0.15) is 19.2 Å². The van der Waals surface area contributed by atoms with Crippen molar-refractivity contribution in [1.82, 2.24) is 29.8 Å². The summed E-state index contributed by atoms with van der Waals surface area (Å²) in [5, 5.41) is 16.5. The maximum absolute atomic E-state index is 4.71. The fourth-order valence-corrected chi connectivity index (χ4v) is 3.46. The molecular formula is C22H27N7. The molecule has 0 unspecified atom stereocenters. The van der Waals surface area contributed by atoms with Crippen LogP contribution < -0.4 is 10.6 Å². The van der Waals surface area contributed by atoms with Gasteiger partial charge in [0.2, 0.25) is 0 Å². The molecule has 0 atom stereocenters. The van der Waals surface area contributed by atoms with Crippen molar-refractivity contribution in [3.63, 3.8) is 0 Å². The Hall–Kier alpha value is -3.35. The molecule has 0 radical (unpaired) electrons. The van der Waals surface area contributed by atoms with Crippen molar-refractivity contribution >= 4 is 22.5 Å². The minimum atomic E-state index is 0.754. The Morgan fingerprint density at radius 3 is 2.83 bits per heavy atom. The summed E-state index contributed by atoms with van der Waals surface area (Å²) in [7, 11) is 0. The molecule has 1 aromatic carbocycles. The molecule has 150 valence electrons. The molecule has 3 heterocycles. The number of nitrogens with one attached hydrogen (secondary N) is 2. The van der Waals surface area contributed by atoms with E-state index in [-0.39, 0.29) is 0 Å². The van der Waals surface area contributed by atoms with Gasteiger partial charge in [0, 0.05) is 50.5 Å². The summed E-state index contributed by atoms with van der Waals surface area (Å²) < 4.78 is 4.31. The highest BCUT2D eigenvalue weighted by Gasteiger charge is 2.05. The molecule has 4 aromatic rings. The van der Waals surface area contributed by atoms with Crippen LogP contribution in [0.2, 0.25) is 0 Å². The summed E-state index contributed by atoms with van der Waals surface area (Å²) in [6.45, 7) is 5.40. The second kappa shape index (κ2) is 9.23. The van der Waals surface area contributed by atoms with Crippen molar-refractivity contribution in [1.29, 1.82) is 0 Å². The Labute approximate surface area is 170 Å². The minimum absolute atomic E-state index is 0.754. The Bertz CT molecular complexity index is 1090. The van der Waals surface area contributed by atoms with E-state index < -0.39 is 0 Å². The van der Waals surface area contributed by atoms with Crippen LogP contribution in [0.3, 0.4) is 0 Å². The predicted octanol–water partition coefficient (Wildman–Crippen LogP) is 2.87. The highest BCUT2D eigenvalue weighted by atomic mass is 15.2. The third-order valence-electron chi connectivity index (χ3n) is 4.88. The topological polar surface area (TPSA) is 71.5 Å². The van der Waals surface area contributed by atoms with Crippen molar-refractivity contribution in [2.24, 2.45) is 4.99 Å². The molecule has 7 nitrogen and oxygen atoms in total. The molecule has 4 rings (SSSR count). The van der Waals surface area contributed by atoms with Crippen LogP contribution in [0.5, 0.6) is 0 Å². The van der Waals surface area contributed by atoms with Gasteiger partial charge in [-0.3, -0.25) is 9.39 Å². The minimum Gasteiger partial charge on any atom is -0.357 e. The molecular weight excluding hydrogens is 362 g/mol. The summed E-state index contributed by atoms with van der Waals surface area (Å²) in [5.74, 6) is 1.79. The molecule has 0 bridgehead atoms. The molecule has 0 aliphatic heterocycles. The van der Waals surface area contributed by atoms with E-state index in [1.807, 2.05) is 28.8 Å². The van der Waals surface area contributed by atoms with Crippen molar-refractivity contribution in [3.8, 4) is 0 Å². The fraction of sp³-hybridized carbons (Fsp3) is 0.318. The number of aromatic nitrogens is 4. The van der Waals surface area contributed by atoms with Gasteiger partial charge in [0.1, 0.15) is 5.82 Å². The van der Waals surface area contributed by atoms with E-state index in [0.717, 1.165) is 56.5 Å². The van der Waals surface area contributed by atoms with Gasteiger partial charge in [0.15, 0.2) is 11.6 Å². The van der Waals surface area contributed by atoms with Gasteiger partial charge >= 0.3 is 0 Å². The van der Waals surface area contributed by atoms with Crippen molar-refractivity contribution in [2.45, 2.75) is 26.3 Å². The Morgan fingerprint density at radius 2 is 1.90 bits per heavy atom. The van der Waals surface area contributed by atoms with E-state index >= 15 is 0 Å². The first-order valence-corrected chi connectivity index (χ1v) is 10.2. The zero-order valence-electron chi connectivity index (χ0n) is 16.8. The molecule has 29 heavy (non-hydrogen) atoms. The number of fused-ring (bicyclic) bond motifs is 2. The first-order valence-electron chi connectivity index (χ1n) is 10.2. The number of aliphatic imine (C=N–C) groups is 1. The maximum atomic E-state index is 4.71. The lowest BCUT2D eigenvalue weighted by molar-refractivity contribution is 0.665. The zero-order chi connectivity index (χ0) is 19.9. The number of benzene rings is 1. The molecule has 0 saturated heterocycles. The zero-order valence-corrected chi connectivity index (χ0v) is 16.8. The largest absolute Gasteiger partial charge is 0.357 e. The molecule has 0 amide bonds. The highest BCUT2D eigenvalue weighted by molar-refractivity contribution is 5.80. The van der Waals surface area contributed by atoms with Gasteiger partial charge in [-0.2, -0.15) is 0 Å². The monoisotopic (exact) mass is 389 g/mol. The Morgan fingerprint density at radius 1 is 1.00 bits per heavy atom. The molecule has 7 heteroatoms. The van der Waals surface area contributed by atoms with Crippen LogP contribution >= 0.6 is 0 Å². The normalized spacial score (nSPS) is 12.0. The summed E-state index contributed by atoms with van der Waals surface area (Å²) in [4.78, 5) is 4.71. The Kier molecular flexibility index (Phi) is 6.04. The molecule has 0 fully saturated rings. The van der Waals surface area contributed by atoms with Gasteiger partial charge in [-0.15, -0.1) is 10.2 Å². The molecule has 0 saturated carbocycles. The fourth-order valence-electron chi connectivity index (χ4n) is 3.46. The van der Waals surface area contributed by atoms with E-state index in [9.17, 15) is 0 Å². The summed E-state index contributed by atoms with van der Waals surface area (Å²) >= 11 is 0. The number of pyridine rings is 1. The molecule has 0 aliphatic rings. The van der Waals surface area contributed by atoms with Crippen LogP contribution in [0, 0.1) is 0 Å². The second-order valence-corrected chi connectivity index (χ2v) is 6.90. The SMILES string of the molecule is CCNC(=NCCCn1ccc2ccccc21)NCCc1nnc2ccccn12. The van der Waals surface area contributed by atoms with Gasteiger partial charge < -0.3 is 15.2 Å². The Balaban J connectivity index is 1.28. The van der Waals surface area contributed by atoms with Crippen LogP contribution in [0.4, 0.5) is 0 Å². The second-order valence-electron chi connectivity index (χ2n) is 6.90. The number of nitrogens with zero attached hydrogens (tertiary/aromatic N) is 5. The smallest absolute Gasteiger partial charge is 0.191 e. The first kappa shape index (κ1) is 19.0. The van der Waals surface area contributed by atoms with Crippen LogP contribution in [-0.4, -0.2) is 44.8 Å². The lowest BCUT2D eigenvalue weighted by Crippen LogP contribution is -2.38. The lowest BCUT2D eigenvalue weighted by atomic mass is 10.2. The molecule has 2 N–H and O–H groups in total. The summed E-state index contributed by atoms with van der Waals surface area (Å²) in [6, 6.07) is 16.6. The molecule has 0 spiro atoms. The van der Waals surface area contributed by atoms with E-state index in [4.69, 9.17) is 4.99 Å². The van der Waals surface area contributed by atoms with Gasteiger partial charge in [-0.25, -0.2) is 0 Å². The molecule has 3 aromatic heterocycles. The molecule has 0 aliphatic carbocycles. The number of hydrogen-bond donors (Lipinski definition) is 2. The van der Waals surface area contributed by atoms with Gasteiger partial charge in [0.05, 0.1) is 0 Å². The van der Waals surface area contributed by atoms with Crippen molar-refractivity contribution in [2.75, 3.05) is 19.6 Å². The predicted molar refractivity (Wildman–Crippen MR) is 117 cm³/mol. The van der Waals surface area contributed by atoms with Crippen molar-refractivity contribution in [3.05, 3.63) is 66.7 Å². The summed E-state index contributed by atoms with van der Waals surface area (Å²) in [6.07, 6.45) is 5.92. The summed E-state index contributed by atoms with van der Waals surface area (Å²) in [5.41, 5.74) is 2.16. The average Bonchev–Trinajstić information content (AvgIpc) is 3.35. The quantitative estimate of drug-likeness (QED) is 0.276. The average molecular weight is 390 g/mol. The standard InChI is InChI=1S/C22H27N7/c1-2-23-22(25-14-11-21-27-26-20-10-5-6-16-29(20)21)24-13-7-15-28-17-12-18-8-3-4-9-19(18)28/h3-6,8-10,12,16-17H,2,7,11,13-15H2,1H3,(H2,23,24,25). The number of aryl methyl sites for hydroxylation is 1. The van der Waals surface area contributed by atoms with Crippen LogP contribution in [0.15, 0.2) is 65.9 Å². The third-order valence-corrected chi connectivity index (χ3v) is 4.88. The van der Waals surface area contributed by atoms with Gasteiger partial charge in [-0.1, -0.05) is 24.3 Å². The number of rotatable bonds is 8. The van der Waals surface area contributed by atoms with Crippen molar-refractivity contribution < 1.29 is 0 Å². The van der Waals surface area contributed by atoms with E-state index in [0.29, 0.717) is 0 Å². The lowest BCUT2D eigenvalue weighted by Gasteiger charge is -2.11. The number of guanidine groups is 1. The van der Waals surface area contributed by atoms with Crippen LogP contribution in [-0.2, 0) is 13.0 Å². The number of hydrogen-bond acceptors (Lipinski definition) is 3. The first-order chi connectivity index (χ1) is 14.3. The van der Waals surface area contributed by atoms with E-state index in [2.05, 4.69) is 68.9 Å². The van der Waals surface area contributed by atoms with E-state index in [1.165, 1.54) is 10.9 Å². The highest BCUT2D eigenvalue weighted by Crippen LogP contribution is 2.15. The van der Waals surface area contributed by atoms with Gasteiger partial charge in [-0.05, 0) is 43.0 Å². The van der Waals surface area contributed by atoms with Gasteiger partial charge in [0.25, 0.3) is 0 Å². The maximum Gasteiger partial charge on any atom is 0.191 e. The van der Waals surface area contributed by atoms with E-state index in [1.54, 1.807) is 0 Å². The third kappa shape index (κ3) is 4.56.